The maximum atomic E-state index is 12.0. The van der Waals surface area contributed by atoms with Crippen molar-refractivity contribution in [2.75, 3.05) is 45.1 Å². The highest BCUT2D eigenvalue weighted by Crippen LogP contribution is 2.27. The van der Waals surface area contributed by atoms with Crippen LogP contribution in [0.1, 0.15) is 5.56 Å². The highest BCUT2D eigenvalue weighted by molar-refractivity contribution is 5.93. The summed E-state index contributed by atoms with van der Waals surface area (Å²) in [5.41, 5.74) is 2.27. The van der Waals surface area contributed by atoms with Gasteiger partial charge in [-0.05, 0) is 48.4 Å². The summed E-state index contributed by atoms with van der Waals surface area (Å²) in [6, 6.07) is 12.1. The van der Waals surface area contributed by atoms with Gasteiger partial charge >= 0.3 is 6.03 Å². The molecule has 0 saturated heterocycles. The maximum absolute atomic E-state index is 12.0. The van der Waals surface area contributed by atoms with Gasteiger partial charge in [0.2, 0.25) is 5.91 Å². The number of carbonyl (C=O) groups is 2. The third kappa shape index (κ3) is 6.48. The quantitative estimate of drug-likeness (QED) is 0.615. The standard InChI is InChI=1S/C20H25N3O5/c1-26-13-19(24)22-15-5-7-16(8-6-15)23-20(25)21-11-10-14-4-9-17(27-2)18(12-14)28-3/h4-9,12H,10-11,13H2,1-3H3,(H,22,24)(H2,21,23,25). The Morgan fingerprint density at radius 2 is 1.50 bits per heavy atom. The fraction of sp³-hybridized carbons (Fsp3) is 0.300. The minimum atomic E-state index is -0.309. The summed E-state index contributed by atoms with van der Waals surface area (Å²) in [5, 5.41) is 8.23. The molecule has 8 heteroatoms. The SMILES string of the molecule is COCC(=O)Nc1ccc(NC(=O)NCCc2ccc(OC)c(OC)c2)cc1. The number of ether oxygens (including phenoxy) is 3. The average Bonchev–Trinajstić information content (AvgIpc) is 2.69. The van der Waals surface area contributed by atoms with Crippen LogP contribution in [0.15, 0.2) is 42.5 Å². The van der Waals surface area contributed by atoms with Crippen LogP contribution in [0, 0.1) is 0 Å². The van der Waals surface area contributed by atoms with Gasteiger partial charge in [0.25, 0.3) is 0 Å². The first-order valence-electron chi connectivity index (χ1n) is 8.70. The molecule has 8 nitrogen and oxygen atoms in total. The highest BCUT2D eigenvalue weighted by Gasteiger charge is 2.06. The van der Waals surface area contributed by atoms with Gasteiger partial charge in [-0.2, -0.15) is 0 Å². The van der Waals surface area contributed by atoms with Gasteiger partial charge in [-0.15, -0.1) is 0 Å². The largest absolute Gasteiger partial charge is 0.493 e. The second kappa shape index (κ2) is 10.8. The van der Waals surface area contributed by atoms with E-state index in [1.54, 1.807) is 38.5 Å². The van der Waals surface area contributed by atoms with E-state index in [4.69, 9.17) is 14.2 Å². The van der Waals surface area contributed by atoms with Crippen LogP contribution >= 0.6 is 0 Å². The van der Waals surface area contributed by atoms with E-state index in [0.29, 0.717) is 35.8 Å². The molecule has 0 spiro atoms. The molecule has 2 aromatic rings. The van der Waals surface area contributed by atoms with Gasteiger partial charge in [-0.25, -0.2) is 4.79 Å². The Hall–Kier alpha value is -3.26. The zero-order valence-electron chi connectivity index (χ0n) is 16.2. The lowest BCUT2D eigenvalue weighted by Gasteiger charge is -2.11. The monoisotopic (exact) mass is 387 g/mol. The maximum Gasteiger partial charge on any atom is 0.319 e. The molecule has 150 valence electrons. The van der Waals surface area contributed by atoms with Gasteiger partial charge in [-0.1, -0.05) is 6.07 Å². The molecule has 0 fully saturated rings. The zero-order valence-corrected chi connectivity index (χ0v) is 16.2. The Balaban J connectivity index is 1.79. The van der Waals surface area contributed by atoms with Crippen molar-refractivity contribution in [3.05, 3.63) is 48.0 Å². The molecule has 28 heavy (non-hydrogen) atoms. The summed E-state index contributed by atoms with van der Waals surface area (Å²) >= 11 is 0. The van der Waals surface area contributed by atoms with E-state index < -0.39 is 0 Å². The number of nitrogens with one attached hydrogen (secondary N) is 3. The van der Waals surface area contributed by atoms with Crippen molar-refractivity contribution in [1.82, 2.24) is 5.32 Å². The zero-order chi connectivity index (χ0) is 20.4. The van der Waals surface area contributed by atoms with E-state index in [9.17, 15) is 9.59 Å². The molecule has 0 atom stereocenters. The number of anilines is 2. The number of methoxy groups -OCH3 is 3. The Labute approximate surface area is 164 Å². The van der Waals surface area contributed by atoms with Gasteiger partial charge in [0.15, 0.2) is 11.5 Å². The molecule has 3 amide bonds. The number of carbonyl (C=O) groups excluding carboxylic acids is 2. The van der Waals surface area contributed by atoms with Crippen LogP contribution in [0.2, 0.25) is 0 Å². The molecule has 3 N–H and O–H groups in total. The smallest absolute Gasteiger partial charge is 0.319 e. The predicted molar refractivity (Wildman–Crippen MR) is 107 cm³/mol. The van der Waals surface area contributed by atoms with E-state index in [2.05, 4.69) is 16.0 Å². The van der Waals surface area contributed by atoms with Crippen molar-refractivity contribution in [3.63, 3.8) is 0 Å². The molecular formula is C20H25N3O5. The molecule has 2 rings (SSSR count). The lowest BCUT2D eigenvalue weighted by Crippen LogP contribution is -2.30. The number of hydrogen-bond donors (Lipinski definition) is 3. The number of benzene rings is 2. The lowest BCUT2D eigenvalue weighted by atomic mass is 10.1. The summed E-state index contributed by atoms with van der Waals surface area (Å²) in [6.07, 6.45) is 0.651. The Kier molecular flexibility index (Phi) is 8.11. The Morgan fingerprint density at radius 1 is 0.857 bits per heavy atom. The molecule has 0 unspecified atom stereocenters. The molecule has 0 saturated carbocycles. The van der Waals surface area contributed by atoms with Gasteiger partial charge in [0.1, 0.15) is 6.61 Å². The second-order valence-electron chi connectivity index (χ2n) is 5.88. The van der Waals surface area contributed by atoms with Crippen molar-refractivity contribution in [2.24, 2.45) is 0 Å². The van der Waals surface area contributed by atoms with Crippen molar-refractivity contribution in [1.29, 1.82) is 0 Å². The lowest BCUT2D eigenvalue weighted by molar-refractivity contribution is -0.119. The van der Waals surface area contributed by atoms with Crippen LogP contribution in [-0.2, 0) is 16.0 Å². The van der Waals surface area contributed by atoms with Crippen LogP contribution < -0.4 is 25.4 Å². The van der Waals surface area contributed by atoms with E-state index in [1.807, 2.05) is 18.2 Å². The van der Waals surface area contributed by atoms with Crippen LogP contribution in [0.25, 0.3) is 0 Å². The predicted octanol–water partition coefficient (Wildman–Crippen LogP) is 2.65. The minimum Gasteiger partial charge on any atom is -0.493 e. The van der Waals surface area contributed by atoms with E-state index in [-0.39, 0.29) is 18.5 Å². The molecule has 2 aromatic carbocycles. The van der Waals surface area contributed by atoms with Crippen LogP contribution in [0.3, 0.4) is 0 Å². The van der Waals surface area contributed by atoms with Crippen molar-refractivity contribution in [2.45, 2.75) is 6.42 Å². The third-order valence-corrected chi connectivity index (χ3v) is 3.85. The molecule has 0 aliphatic carbocycles. The van der Waals surface area contributed by atoms with Crippen LogP contribution in [-0.4, -0.2) is 46.4 Å². The Morgan fingerprint density at radius 3 is 2.11 bits per heavy atom. The first-order valence-corrected chi connectivity index (χ1v) is 8.70. The first kappa shape index (κ1) is 21.0. The van der Waals surface area contributed by atoms with Gasteiger partial charge in [0, 0.05) is 25.0 Å². The van der Waals surface area contributed by atoms with Gasteiger partial charge < -0.3 is 30.2 Å². The summed E-state index contributed by atoms with van der Waals surface area (Å²) in [4.78, 5) is 23.5. The summed E-state index contributed by atoms with van der Waals surface area (Å²) in [6.45, 7) is 0.453. The molecule has 0 radical (unpaired) electrons. The highest BCUT2D eigenvalue weighted by atomic mass is 16.5. The normalized spacial score (nSPS) is 10.1. The van der Waals surface area contributed by atoms with E-state index in [0.717, 1.165) is 5.56 Å². The first-order chi connectivity index (χ1) is 13.5. The fourth-order valence-corrected chi connectivity index (χ4v) is 2.50. The molecule has 0 aromatic heterocycles. The fourth-order valence-electron chi connectivity index (χ4n) is 2.50. The molecule has 0 heterocycles. The van der Waals surface area contributed by atoms with Crippen molar-refractivity contribution in [3.8, 4) is 11.5 Å². The molecule has 0 aliphatic rings. The summed E-state index contributed by atoms with van der Waals surface area (Å²) < 4.78 is 15.2. The number of hydrogen-bond acceptors (Lipinski definition) is 5. The third-order valence-electron chi connectivity index (χ3n) is 3.85. The molecular weight excluding hydrogens is 362 g/mol. The minimum absolute atomic E-state index is 0.0114. The number of amides is 3. The Bertz CT molecular complexity index is 793. The van der Waals surface area contributed by atoms with E-state index in [1.165, 1.54) is 7.11 Å². The van der Waals surface area contributed by atoms with Crippen molar-refractivity contribution < 1.29 is 23.8 Å². The van der Waals surface area contributed by atoms with Crippen LogP contribution in [0.4, 0.5) is 16.2 Å². The van der Waals surface area contributed by atoms with E-state index >= 15 is 0 Å². The molecule has 0 aliphatic heterocycles. The topological polar surface area (TPSA) is 97.9 Å². The molecule has 0 bridgehead atoms. The van der Waals surface area contributed by atoms with Crippen LogP contribution in [0.5, 0.6) is 11.5 Å². The van der Waals surface area contributed by atoms with Gasteiger partial charge in [-0.3, -0.25) is 4.79 Å². The summed E-state index contributed by atoms with van der Waals surface area (Å²) in [7, 11) is 4.63. The number of urea groups is 1. The number of rotatable bonds is 9. The summed E-state index contributed by atoms with van der Waals surface area (Å²) in [5.74, 6) is 1.08. The van der Waals surface area contributed by atoms with Gasteiger partial charge in [0.05, 0.1) is 14.2 Å². The van der Waals surface area contributed by atoms with Crippen molar-refractivity contribution >= 4 is 23.3 Å². The second-order valence-corrected chi connectivity index (χ2v) is 5.88. The average molecular weight is 387 g/mol.